The van der Waals surface area contributed by atoms with Crippen LogP contribution in [0.25, 0.3) is 5.76 Å². The summed E-state index contributed by atoms with van der Waals surface area (Å²) in [5.41, 5.74) is 0.255. The van der Waals surface area contributed by atoms with Crippen LogP contribution in [0.1, 0.15) is 24.1 Å². The highest BCUT2D eigenvalue weighted by atomic mass is 35.5. The van der Waals surface area contributed by atoms with Crippen molar-refractivity contribution in [3.05, 3.63) is 88.7 Å². The molecule has 3 aromatic rings. The molecule has 0 spiro atoms. The SMILES string of the molecule is CCOc1cc(/C(O)=C2\C(=O)C(=O)N(c3cccc(OC(F)(F)F)c3)C2c2ccncc2)ccc1Cl. The first-order valence-electron chi connectivity index (χ1n) is 10.6. The van der Waals surface area contributed by atoms with Gasteiger partial charge in [-0.25, -0.2) is 0 Å². The van der Waals surface area contributed by atoms with E-state index in [0.717, 1.165) is 17.0 Å². The van der Waals surface area contributed by atoms with E-state index in [0.29, 0.717) is 12.2 Å². The molecule has 2 aromatic carbocycles. The molecule has 1 aliphatic rings. The first-order chi connectivity index (χ1) is 17.1. The van der Waals surface area contributed by atoms with Crippen molar-refractivity contribution >= 4 is 34.7 Å². The zero-order chi connectivity index (χ0) is 26.0. The zero-order valence-corrected chi connectivity index (χ0v) is 19.4. The number of halogens is 4. The molecule has 0 radical (unpaired) electrons. The number of hydrogen-bond acceptors (Lipinski definition) is 6. The molecule has 1 unspecified atom stereocenters. The van der Waals surface area contributed by atoms with Gasteiger partial charge in [0.15, 0.2) is 0 Å². The van der Waals surface area contributed by atoms with Gasteiger partial charge in [-0.3, -0.25) is 19.5 Å². The average Bonchev–Trinajstić information content (AvgIpc) is 3.10. The fraction of sp³-hybridized carbons (Fsp3) is 0.160. The lowest BCUT2D eigenvalue weighted by atomic mass is 9.95. The number of benzene rings is 2. The Bertz CT molecular complexity index is 1350. The van der Waals surface area contributed by atoms with Crippen molar-refractivity contribution in [1.82, 2.24) is 4.98 Å². The van der Waals surface area contributed by atoms with E-state index in [2.05, 4.69) is 9.72 Å². The Morgan fingerprint density at radius 2 is 1.83 bits per heavy atom. The van der Waals surface area contributed by atoms with Crippen LogP contribution in [0.2, 0.25) is 5.02 Å². The number of carbonyl (C=O) groups excluding carboxylic acids is 2. The van der Waals surface area contributed by atoms with Crippen LogP contribution in [0.4, 0.5) is 18.9 Å². The van der Waals surface area contributed by atoms with Gasteiger partial charge in [0.2, 0.25) is 0 Å². The Labute approximate surface area is 208 Å². The number of carbonyl (C=O) groups is 2. The summed E-state index contributed by atoms with van der Waals surface area (Å²) in [6.45, 7) is 2.04. The first kappa shape index (κ1) is 25.1. The molecule has 186 valence electrons. The van der Waals surface area contributed by atoms with Crippen LogP contribution in [0.5, 0.6) is 11.5 Å². The highest BCUT2D eigenvalue weighted by Crippen LogP contribution is 2.43. The van der Waals surface area contributed by atoms with Crippen molar-refractivity contribution in [2.75, 3.05) is 11.5 Å². The number of alkyl halides is 3. The minimum Gasteiger partial charge on any atom is -0.507 e. The second kappa shape index (κ2) is 9.90. The number of aliphatic hydroxyl groups excluding tert-OH is 1. The summed E-state index contributed by atoms with van der Waals surface area (Å²) in [7, 11) is 0. The molecule has 11 heteroatoms. The number of nitrogens with zero attached hydrogens (tertiary/aromatic N) is 2. The highest BCUT2D eigenvalue weighted by Gasteiger charge is 2.47. The normalized spacial score (nSPS) is 17.4. The molecule has 0 bridgehead atoms. The standard InChI is InChI=1S/C25H18ClF3N2O5/c1-2-35-19-12-15(6-7-18(19)26)22(32)20-21(14-8-10-30-11-9-14)31(24(34)23(20)33)16-4-3-5-17(13-16)36-25(27,28)29/h3-13,21,32H,2H2,1H3/b22-20+. The predicted molar refractivity (Wildman–Crippen MR) is 125 cm³/mol. The van der Waals surface area contributed by atoms with Gasteiger partial charge in [0.1, 0.15) is 17.3 Å². The maximum absolute atomic E-state index is 13.2. The van der Waals surface area contributed by atoms with Gasteiger partial charge < -0.3 is 14.6 Å². The van der Waals surface area contributed by atoms with Gasteiger partial charge in [-0.2, -0.15) is 0 Å². The number of aromatic nitrogens is 1. The van der Waals surface area contributed by atoms with Crippen molar-refractivity contribution in [2.24, 2.45) is 0 Å². The number of Topliss-reactive ketones (excluding diaryl/α,β-unsaturated/α-hetero) is 1. The summed E-state index contributed by atoms with van der Waals surface area (Å²) < 4.78 is 47.8. The predicted octanol–water partition coefficient (Wildman–Crippen LogP) is 5.66. The molecule has 0 saturated carbocycles. The molecule has 1 aromatic heterocycles. The van der Waals surface area contributed by atoms with Crippen LogP contribution in [0.3, 0.4) is 0 Å². The molecule has 1 amide bonds. The van der Waals surface area contributed by atoms with E-state index in [1.165, 1.54) is 54.9 Å². The highest BCUT2D eigenvalue weighted by molar-refractivity contribution is 6.51. The van der Waals surface area contributed by atoms with E-state index in [4.69, 9.17) is 16.3 Å². The third-order valence-electron chi connectivity index (χ3n) is 5.30. The van der Waals surface area contributed by atoms with E-state index in [9.17, 15) is 27.9 Å². The lowest BCUT2D eigenvalue weighted by Crippen LogP contribution is -2.29. The van der Waals surface area contributed by atoms with Gasteiger partial charge in [-0.1, -0.05) is 17.7 Å². The lowest BCUT2D eigenvalue weighted by Gasteiger charge is -2.25. The number of hydrogen-bond donors (Lipinski definition) is 1. The van der Waals surface area contributed by atoms with Crippen LogP contribution in [0, 0.1) is 0 Å². The summed E-state index contributed by atoms with van der Waals surface area (Å²) >= 11 is 6.13. The Balaban J connectivity index is 1.88. The smallest absolute Gasteiger partial charge is 0.507 e. The van der Waals surface area contributed by atoms with Crippen molar-refractivity contribution in [3.63, 3.8) is 0 Å². The Hall–Kier alpha value is -4.05. The van der Waals surface area contributed by atoms with E-state index in [-0.39, 0.29) is 27.6 Å². The quantitative estimate of drug-likeness (QED) is 0.257. The molecule has 1 atom stereocenters. The van der Waals surface area contributed by atoms with E-state index in [1.807, 2.05) is 0 Å². The van der Waals surface area contributed by atoms with E-state index < -0.39 is 35.6 Å². The fourth-order valence-electron chi connectivity index (χ4n) is 3.86. The fourth-order valence-corrected chi connectivity index (χ4v) is 4.03. The van der Waals surface area contributed by atoms with Crippen molar-refractivity contribution in [3.8, 4) is 11.5 Å². The molecule has 4 rings (SSSR count). The number of pyridine rings is 1. The monoisotopic (exact) mass is 518 g/mol. The van der Waals surface area contributed by atoms with Gasteiger partial charge in [-0.15, -0.1) is 13.2 Å². The Morgan fingerprint density at radius 1 is 1.11 bits per heavy atom. The molecule has 1 fully saturated rings. The summed E-state index contributed by atoms with van der Waals surface area (Å²) in [6, 6.07) is 10.9. The summed E-state index contributed by atoms with van der Waals surface area (Å²) in [6.07, 6.45) is -2.10. The van der Waals surface area contributed by atoms with Crippen LogP contribution in [-0.2, 0) is 9.59 Å². The molecule has 1 saturated heterocycles. The lowest BCUT2D eigenvalue weighted by molar-refractivity contribution is -0.274. The average molecular weight is 519 g/mol. The molecule has 0 aliphatic carbocycles. The van der Waals surface area contributed by atoms with Gasteiger partial charge in [0, 0.05) is 29.7 Å². The van der Waals surface area contributed by atoms with Crippen molar-refractivity contribution in [2.45, 2.75) is 19.3 Å². The molecule has 1 aliphatic heterocycles. The minimum atomic E-state index is -4.95. The van der Waals surface area contributed by atoms with Crippen molar-refractivity contribution < 1.29 is 37.3 Å². The maximum Gasteiger partial charge on any atom is 0.573 e. The molecular weight excluding hydrogens is 501 g/mol. The second-order valence-corrected chi connectivity index (χ2v) is 7.98. The van der Waals surface area contributed by atoms with Crippen LogP contribution in [0.15, 0.2) is 72.6 Å². The Kier molecular flexibility index (Phi) is 6.89. The first-order valence-corrected chi connectivity index (χ1v) is 11.0. The van der Waals surface area contributed by atoms with Crippen LogP contribution < -0.4 is 14.4 Å². The van der Waals surface area contributed by atoms with Gasteiger partial charge in [0.25, 0.3) is 11.7 Å². The van der Waals surface area contributed by atoms with Crippen molar-refractivity contribution in [1.29, 1.82) is 0 Å². The molecule has 1 N–H and O–H groups in total. The number of ketones is 1. The number of ether oxygens (including phenoxy) is 2. The number of amides is 1. The van der Waals surface area contributed by atoms with E-state index in [1.54, 1.807) is 6.92 Å². The molecule has 7 nitrogen and oxygen atoms in total. The largest absolute Gasteiger partial charge is 0.573 e. The maximum atomic E-state index is 13.2. The number of aliphatic hydroxyl groups is 1. The topological polar surface area (TPSA) is 89.0 Å². The number of rotatable bonds is 6. The second-order valence-electron chi connectivity index (χ2n) is 7.57. The van der Waals surface area contributed by atoms with E-state index >= 15 is 0 Å². The third kappa shape index (κ3) is 4.99. The summed E-state index contributed by atoms with van der Waals surface area (Å²) in [5.74, 6) is -2.88. The van der Waals surface area contributed by atoms with Gasteiger partial charge in [-0.05, 0) is 55.0 Å². The minimum absolute atomic E-state index is 0.0363. The summed E-state index contributed by atoms with van der Waals surface area (Å²) in [5, 5.41) is 11.5. The molecular formula is C25H18ClF3N2O5. The number of anilines is 1. The Morgan fingerprint density at radius 3 is 2.50 bits per heavy atom. The molecule has 36 heavy (non-hydrogen) atoms. The molecule has 2 heterocycles. The van der Waals surface area contributed by atoms with Crippen LogP contribution in [-0.4, -0.2) is 34.8 Å². The summed E-state index contributed by atoms with van der Waals surface area (Å²) in [4.78, 5) is 31.3. The zero-order valence-electron chi connectivity index (χ0n) is 18.6. The van der Waals surface area contributed by atoms with Crippen LogP contribution >= 0.6 is 11.6 Å². The van der Waals surface area contributed by atoms with Gasteiger partial charge >= 0.3 is 6.36 Å². The van der Waals surface area contributed by atoms with Gasteiger partial charge in [0.05, 0.1) is 23.2 Å². The third-order valence-corrected chi connectivity index (χ3v) is 5.61.